The number of nitrogens with two attached hydrogens (primary N) is 1. The minimum atomic E-state index is -0.150. The fraction of sp³-hybridized carbons (Fsp3) is 0.143. The summed E-state index contributed by atoms with van der Waals surface area (Å²) in [6.07, 6.45) is 0. The van der Waals surface area contributed by atoms with E-state index >= 15 is 0 Å². The third kappa shape index (κ3) is 4.14. The van der Waals surface area contributed by atoms with Crippen LogP contribution in [0.3, 0.4) is 0 Å². The topological polar surface area (TPSA) is 26.0 Å². The van der Waals surface area contributed by atoms with Crippen molar-refractivity contribution in [3.63, 3.8) is 0 Å². The second-order valence-corrected chi connectivity index (χ2v) is 6.77. The lowest BCUT2D eigenvalue weighted by Crippen LogP contribution is -2.13. The third-order valence-corrected chi connectivity index (χ3v) is 5.34. The smallest absolute Gasteiger partial charge is 0.0455 e. The molecule has 100 valence electrons. The molecule has 0 fully saturated rings. The molecule has 0 spiro atoms. The lowest BCUT2D eigenvalue weighted by Gasteiger charge is -2.14. The summed E-state index contributed by atoms with van der Waals surface area (Å²) in [4.78, 5) is 1.16. The summed E-state index contributed by atoms with van der Waals surface area (Å²) in [6.45, 7) is 0. The van der Waals surface area contributed by atoms with E-state index in [1.165, 1.54) is 0 Å². The maximum absolute atomic E-state index is 6.18. The van der Waals surface area contributed by atoms with Crippen molar-refractivity contribution < 1.29 is 0 Å². The van der Waals surface area contributed by atoms with Gasteiger partial charge in [-0.05, 0) is 51.8 Å². The van der Waals surface area contributed by atoms with Crippen molar-refractivity contribution in [1.29, 1.82) is 0 Å². The molecule has 1 nitrogen and oxygen atoms in total. The van der Waals surface area contributed by atoms with E-state index in [4.69, 9.17) is 28.9 Å². The molecule has 0 amide bonds. The average molecular weight is 377 g/mol. The Bertz CT molecular complexity index is 577. The van der Waals surface area contributed by atoms with Crippen LogP contribution in [-0.2, 0) is 0 Å². The number of halogens is 3. The predicted octanol–water partition coefficient (Wildman–Crippen LogP) is 5.55. The number of hydrogen-bond acceptors (Lipinski definition) is 2. The summed E-state index contributed by atoms with van der Waals surface area (Å²) in [5.41, 5.74) is 7.07. The second-order valence-electron chi connectivity index (χ2n) is 4.01. The van der Waals surface area contributed by atoms with E-state index in [1.54, 1.807) is 23.9 Å². The number of hydrogen-bond donors (Lipinski definition) is 1. The monoisotopic (exact) mass is 375 g/mol. The highest BCUT2D eigenvalue weighted by molar-refractivity contribution is 9.10. The molecule has 2 aromatic rings. The summed E-state index contributed by atoms with van der Waals surface area (Å²) in [6, 6.07) is 13.3. The third-order valence-electron chi connectivity index (χ3n) is 2.61. The summed E-state index contributed by atoms with van der Waals surface area (Å²) < 4.78 is 1.07. The van der Waals surface area contributed by atoms with Gasteiger partial charge < -0.3 is 5.73 Å². The van der Waals surface area contributed by atoms with E-state index in [9.17, 15) is 0 Å². The lowest BCUT2D eigenvalue weighted by molar-refractivity contribution is 0.831. The Hall–Kier alpha value is -0.190. The van der Waals surface area contributed by atoms with E-state index in [0.29, 0.717) is 10.0 Å². The van der Waals surface area contributed by atoms with E-state index in [2.05, 4.69) is 22.0 Å². The molecule has 5 heteroatoms. The molecule has 1 atom stereocenters. The molecule has 0 saturated carbocycles. The highest BCUT2D eigenvalue weighted by Gasteiger charge is 2.12. The molecule has 2 aromatic carbocycles. The average Bonchev–Trinajstić information content (AvgIpc) is 2.40. The molecule has 0 aliphatic rings. The van der Waals surface area contributed by atoms with Gasteiger partial charge >= 0.3 is 0 Å². The Morgan fingerprint density at radius 3 is 2.63 bits per heavy atom. The summed E-state index contributed by atoms with van der Waals surface area (Å²) >= 11 is 17.3. The molecule has 0 aliphatic carbocycles. The van der Waals surface area contributed by atoms with Crippen LogP contribution in [0.25, 0.3) is 0 Å². The van der Waals surface area contributed by atoms with Gasteiger partial charge in [-0.3, -0.25) is 0 Å². The van der Waals surface area contributed by atoms with Crippen molar-refractivity contribution >= 4 is 50.9 Å². The maximum Gasteiger partial charge on any atom is 0.0455 e. The Labute approximate surface area is 135 Å². The maximum atomic E-state index is 6.18. The van der Waals surface area contributed by atoms with Gasteiger partial charge in [0, 0.05) is 31.2 Å². The molecule has 0 heterocycles. The SMILES string of the molecule is NC(CSc1ccccc1Br)c1cc(Cl)ccc1Cl. The highest BCUT2D eigenvalue weighted by Crippen LogP contribution is 2.32. The van der Waals surface area contributed by atoms with Gasteiger partial charge in [0.25, 0.3) is 0 Å². The normalized spacial score (nSPS) is 12.4. The first-order valence-electron chi connectivity index (χ1n) is 5.66. The molecule has 0 saturated heterocycles. The van der Waals surface area contributed by atoms with Crippen LogP contribution in [0.1, 0.15) is 11.6 Å². The van der Waals surface area contributed by atoms with E-state index in [1.807, 2.05) is 24.3 Å². The number of benzene rings is 2. The zero-order valence-electron chi connectivity index (χ0n) is 9.95. The molecule has 0 radical (unpaired) electrons. The van der Waals surface area contributed by atoms with Gasteiger partial charge in [-0.15, -0.1) is 11.8 Å². The van der Waals surface area contributed by atoms with E-state index in [0.717, 1.165) is 20.7 Å². The molecule has 1 unspecified atom stereocenters. The Kier molecular flexibility index (Phi) is 5.60. The summed E-state index contributed by atoms with van der Waals surface area (Å²) in [5.74, 6) is 0.739. The Morgan fingerprint density at radius 1 is 1.16 bits per heavy atom. The van der Waals surface area contributed by atoms with Gasteiger partial charge in [-0.1, -0.05) is 35.3 Å². The van der Waals surface area contributed by atoms with Gasteiger partial charge in [0.1, 0.15) is 0 Å². The molecule has 0 aromatic heterocycles. The fourth-order valence-corrected chi connectivity index (χ4v) is 3.62. The van der Waals surface area contributed by atoms with Crippen molar-refractivity contribution in [2.45, 2.75) is 10.9 Å². The molecule has 0 aliphatic heterocycles. The highest BCUT2D eigenvalue weighted by atomic mass is 79.9. The molecule has 19 heavy (non-hydrogen) atoms. The summed E-state index contributed by atoms with van der Waals surface area (Å²) in [7, 11) is 0. The quantitative estimate of drug-likeness (QED) is 0.708. The predicted molar refractivity (Wildman–Crippen MR) is 88.3 cm³/mol. The van der Waals surface area contributed by atoms with Gasteiger partial charge in [-0.25, -0.2) is 0 Å². The molecule has 2 N–H and O–H groups in total. The summed E-state index contributed by atoms with van der Waals surface area (Å²) in [5, 5.41) is 1.31. The minimum Gasteiger partial charge on any atom is -0.323 e. The Balaban J connectivity index is 2.07. The van der Waals surface area contributed by atoms with E-state index in [-0.39, 0.29) is 6.04 Å². The van der Waals surface area contributed by atoms with Crippen LogP contribution in [0.4, 0.5) is 0 Å². The standard InChI is InChI=1S/C14H12BrCl2NS/c15-11-3-1-2-4-14(11)19-8-13(18)10-7-9(16)5-6-12(10)17/h1-7,13H,8,18H2. The number of rotatable bonds is 4. The number of thioether (sulfide) groups is 1. The van der Waals surface area contributed by atoms with Crippen LogP contribution in [0.2, 0.25) is 10.0 Å². The van der Waals surface area contributed by atoms with E-state index < -0.39 is 0 Å². The first-order valence-corrected chi connectivity index (χ1v) is 8.19. The van der Waals surface area contributed by atoms with Gasteiger partial charge in [0.05, 0.1) is 0 Å². The van der Waals surface area contributed by atoms with Crippen molar-refractivity contribution in [2.75, 3.05) is 5.75 Å². The first kappa shape index (κ1) is 15.2. The van der Waals surface area contributed by atoms with Gasteiger partial charge in [-0.2, -0.15) is 0 Å². The van der Waals surface area contributed by atoms with Crippen LogP contribution in [0, 0.1) is 0 Å². The zero-order chi connectivity index (χ0) is 13.8. The minimum absolute atomic E-state index is 0.150. The Morgan fingerprint density at radius 2 is 1.89 bits per heavy atom. The van der Waals surface area contributed by atoms with Crippen LogP contribution in [0.5, 0.6) is 0 Å². The first-order chi connectivity index (χ1) is 9.08. The van der Waals surface area contributed by atoms with Crippen molar-refractivity contribution in [2.24, 2.45) is 5.73 Å². The van der Waals surface area contributed by atoms with Crippen LogP contribution < -0.4 is 5.73 Å². The van der Waals surface area contributed by atoms with Crippen molar-refractivity contribution in [1.82, 2.24) is 0 Å². The fourth-order valence-electron chi connectivity index (χ4n) is 1.63. The van der Waals surface area contributed by atoms with Gasteiger partial charge in [0.2, 0.25) is 0 Å². The zero-order valence-corrected chi connectivity index (χ0v) is 13.9. The van der Waals surface area contributed by atoms with Crippen molar-refractivity contribution in [3.8, 4) is 0 Å². The molecule has 0 bridgehead atoms. The largest absolute Gasteiger partial charge is 0.323 e. The molecule has 2 rings (SSSR count). The van der Waals surface area contributed by atoms with Crippen molar-refractivity contribution in [3.05, 3.63) is 62.5 Å². The lowest BCUT2D eigenvalue weighted by atomic mass is 10.1. The van der Waals surface area contributed by atoms with Crippen LogP contribution in [-0.4, -0.2) is 5.75 Å². The molecular formula is C14H12BrCl2NS. The van der Waals surface area contributed by atoms with Gasteiger partial charge in [0.15, 0.2) is 0 Å². The van der Waals surface area contributed by atoms with Crippen LogP contribution in [0.15, 0.2) is 51.8 Å². The van der Waals surface area contributed by atoms with Crippen LogP contribution >= 0.6 is 50.9 Å². The second kappa shape index (κ2) is 7.00. The molecular weight excluding hydrogens is 365 g/mol.